The minimum absolute atomic E-state index is 0.00620. The maximum atomic E-state index is 12.8. The smallest absolute Gasteiger partial charge is 0.475 e. The van der Waals surface area contributed by atoms with Crippen LogP contribution in [0.4, 0.5) is 26.3 Å². The summed E-state index contributed by atoms with van der Waals surface area (Å²) in [6.45, 7) is 4.57. The highest BCUT2D eigenvalue weighted by molar-refractivity contribution is 5.92. The van der Waals surface area contributed by atoms with Gasteiger partial charge in [0.1, 0.15) is 5.69 Å². The number of aryl methyl sites for hydroxylation is 1. The highest BCUT2D eigenvalue weighted by atomic mass is 19.4. The lowest BCUT2D eigenvalue weighted by molar-refractivity contribution is -0.193. The SMILES string of the molecule is Cn1ccc(C(=O)N2Cc3ccnn3C(CN3CCCCC3)C2)n1.O=C(O)C(F)(F)F.O=C(O)C(F)(F)F. The van der Waals surface area contributed by atoms with E-state index in [2.05, 4.69) is 19.8 Å². The molecule has 38 heavy (non-hydrogen) atoms. The Morgan fingerprint density at radius 3 is 2.00 bits per heavy atom. The lowest BCUT2D eigenvalue weighted by atomic mass is 10.1. The molecule has 2 N–H and O–H groups in total. The summed E-state index contributed by atoms with van der Waals surface area (Å²) in [4.78, 5) is 35.0. The molecule has 1 unspecified atom stereocenters. The number of carbonyl (C=O) groups is 3. The minimum Gasteiger partial charge on any atom is -0.475 e. The van der Waals surface area contributed by atoms with Crippen LogP contribution in [-0.2, 0) is 23.2 Å². The van der Waals surface area contributed by atoms with Crippen molar-refractivity contribution in [1.29, 1.82) is 0 Å². The summed E-state index contributed by atoms with van der Waals surface area (Å²) in [5, 5.41) is 23.0. The number of carboxylic acid groups (broad SMARTS) is 2. The van der Waals surface area contributed by atoms with Crippen LogP contribution in [0.15, 0.2) is 24.5 Å². The van der Waals surface area contributed by atoms with E-state index in [1.807, 2.05) is 30.4 Å². The van der Waals surface area contributed by atoms with Crippen LogP contribution >= 0.6 is 0 Å². The van der Waals surface area contributed by atoms with E-state index in [0.717, 1.165) is 25.3 Å². The fraction of sp³-hybridized carbons (Fsp3) is 0.571. The number of piperidine rings is 1. The summed E-state index contributed by atoms with van der Waals surface area (Å²) < 4.78 is 67.3. The van der Waals surface area contributed by atoms with Crippen molar-refractivity contribution < 1.29 is 50.9 Å². The van der Waals surface area contributed by atoms with Gasteiger partial charge in [-0.2, -0.15) is 36.5 Å². The van der Waals surface area contributed by atoms with Crippen LogP contribution in [-0.4, -0.2) is 96.0 Å². The number of alkyl halides is 6. The highest BCUT2D eigenvalue weighted by Crippen LogP contribution is 2.24. The van der Waals surface area contributed by atoms with E-state index >= 15 is 0 Å². The van der Waals surface area contributed by atoms with Crippen LogP contribution in [0.5, 0.6) is 0 Å². The lowest BCUT2D eigenvalue weighted by Crippen LogP contribution is -2.46. The van der Waals surface area contributed by atoms with Crippen LogP contribution in [0.3, 0.4) is 0 Å². The average molecular weight is 556 g/mol. The molecule has 2 aromatic rings. The van der Waals surface area contributed by atoms with Crippen molar-refractivity contribution in [3.05, 3.63) is 35.9 Å². The summed E-state index contributed by atoms with van der Waals surface area (Å²) in [5.41, 5.74) is 1.62. The van der Waals surface area contributed by atoms with Gasteiger partial charge in [0.2, 0.25) is 0 Å². The van der Waals surface area contributed by atoms with E-state index < -0.39 is 24.3 Å². The van der Waals surface area contributed by atoms with Crippen LogP contribution in [0.2, 0.25) is 0 Å². The fourth-order valence-corrected chi connectivity index (χ4v) is 3.81. The standard InChI is InChI=1S/C17H24N6O.2C2HF3O2/c1-20-10-6-16(19-20)17(24)22-12-14-5-7-18-23(14)15(13-22)11-21-8-3-2-4-9-21;2*3-2(4,5)1(6)7/h5-7,10,15H,2-4,8-9,11-13H2,1H3;2*(H,6,7). The van der Waals surface area contributed by atoms with E-state index in [4.69, 9.17) is 19.8 Å². The van der Waals surface area contributed by atoms with Gasteiger partial charge in [0.15, 0.2) is 0 Å². The third-order valence-electron chi connectivity index (χ3n) is 5.50. The van der Waals surface area contributed by atoms with Gasteiger partial charge in [-0.3, -0.25) is 14.2 Å². The number of fused-ring (bicyclic) bond motifs is 1. The number of carboxylic acids is 2. The molecule has 1 amide bonds. The minimum atomic E-state index is -5.08. The first-order chi connectivity index (χ1) is 17.6. The summed E-state index contributed by atoms with van der Waals surface area (Å²) >= 11 is 0. The van der Waals surface area contributed by atoms with Crippen molar-refractivity contribution in [3.8, 4) is 0 Å². The van der Waals surface area contributed by atoms with Gasteiger partial charge in [0, 0.05) is 32.5 Å². The maximum Gasteiger partial charge on any atom is 0.490 e. The van der Waals surface area contributed by atoms with Crippen molar-refractivity contribution in [2.45, 2.75) is 44.2 Å². The predicted octanol–water partition coefficient (Wildman–Crippen LogP) is 2.57. The number of halogens is 6. The Balaban J connectivity index is 0.000000301. The van der Waals surface area contributed by atoms with E-state index in [1.54, 1.807) is 10.7 Å². The Bertz CT molecular complexity index is 1070. The fourth-order valence-electron chi connectivity index (χ4n) is 3.81. The number of hydrogen-bond acceptors (Lipinski definition) is 6. The molecule has 2 aliphatic rings. The number of aromatic nitrogens is 4. The first kappa shape index (κ1) is 30.6. The Morgan fingerprint density at radius 1 is 0.974 bits per heavy atom. The van der Waals surface area contributed by atoms with E-state index in [0.29, 0.717) is 18.8 Å². The molecule has 0 bridgehead atoms. The second kappa shape index (κ2) is 12.7. The first-order valence-corrected chi connectivity index (χ1v) is 11.2. The molecular formula is C21H26F6N6O5. The number of carbonyl (C=O) groups excluding carboxylic acids is 1. The van der Waals surface area contributed by atoms with Gasteiger partial charge in [0.25, 0.3) is 5.91 Å². The molecule has 1 saturated heterocycles. The van der Waals surface area contributed by atoms with Crippen molar-refractivity contribution in [3.63, 3.8) is 0 Å². The third kappa shape index (κ3) is 9.04. The maximum absolute atomic E-state index is 12.8. The Kier molecular flexibility index (Phi) is 10.3. The van der Waals surface area contributed by atoms with Crippen LogP contribution in [0.1, 0.15) is 41.5 Å². The van der Waals surface area contributed by atoms with E-state index in [-0.39, 0.29) is 11.9 Å². The number of amides is 1. The summed E-state index contributed by atoms with van der Waals surface area (Å²) in [6, 6.07) is 4.02. The van der Waals surface area contributed by atoms with Gasteiger partial charge in [-0.15, -0.1) is 0 Å². The molecule has 11 nitrogen and oxygen atoms in total. The molecule has 0 saturated carbocycles. The van der Waals surface area contributed by atoms with Crippen LogP contribution in [0, 0.1) is 0 Å². The summed E-state index contributed by atoms with van der Waals surface area (Å²) in [7, 11) is 1.83. The van der Waals surface area contributed by atoms with Gasteiger partial charge >= 0.3 is 24.3 Å². The molecule has 2 aromatic heterocycles. The Morgan fingerprint density at radius 2 is 1.53 bits per heavy atom. The number of likely N-dealkylation sites (tertiary alicyclic amines) is 1. The number of nitrogens with zero attached hydrogens (tertiary/aromatic N) is 6. The zero-order valence-electron chi connectivity index (χ0n) is 20.1. The molecule has 17 heteroatoms. The largest absolute Gasteiger partial charge is 0.490 e. The van der Waals surface area contributed by atoms with Crippen molar-refractivity contribution >= 4 is 17.8 Å². The highest BCUT2D eigenvalue weighted by Gasteiger charge is 2.39. The van der Waals surface area contributed by atoms with Gasteiger partial charge in [-0.25, -0.2) is 9.59 Å². The van der Waals surface area contributed by atoms with E-state index in [9.17, 15) is 31.1 Å². The van der Waals surface area contributed by atoms with E-state index in [1.165, 1.54) is 19.3 Å². The topological polar surface area (TPSA) is 134 Å². The quantitative estimate of drug-likeness (QED) is 0.552. The number of aliphatic carboxylic acids is 2. The normalized spacial score (nSPS) is 17.9. The second-order valence-electron chi connectivity index (χ2n) is 8.45. The molecule has 0 aliphatic carbocycles. The molecule has 212 valence electrons. The van der Waals surface area contributed by atoms with Crippen molar-refractivity contribution in [2.24, 2.45) is 7.05 Å². The first-order valence-electron chi connectivity index (χ1n) is 11.2. The third-order valence-corrected chi connectivity index (χ3v) is 5.50. The van der Waals surface area contributed by atoms with Crippen molar-refractivity contribution in [2.75, 3.05) is 26.2 Å². The number of hydrogen-bond donors (Lipinski definition) is 2. The molecular weight excluding hydrogens is 530 g/mol. The molecule has 0 spiro atoms. The van der Waals surface area contributed by atoms with Crippen molar-refractivity contribution in [1.82, 2.24) is 29.4 Å². The van der Waals surface area contributed by atoms with Gasteiger partial charge in [0.05, 0.1) is 18.3 Å². The summed E-state index contributed by atoms with van der Waals surface area (Å²) in [5.74, 6) is -5.51. The molecule has 0 aromatic carbocycles. The van der Waals surface area contributed by atoms with Gasteiger partial charge in [-0.1, -0.05) is 6.42 Å². The molecule has 0 radical (unpaired) electrons. The van der Waals surface area contributed by atoms with Crippen LogP contribution in [0.25, 0.3) is 0 Å². The molecule has 4 heterocycles. The zero-order chi connectivity index (χ0) is 28.7. The molecule has 4 rings (SSSR count). The monoisotopic (exact) mass is 556 g/mol. The summed E-state index contributed by atoms with van der Waals surface area (Å²) in [6.07, 6.45) is -2.64. The molecule has 1 atom stereocenters. The zero-order valence-corrected chi connectivity index (χ0v) is 20.1. The predicted molar refractivity (Wildman–Crippen MR) is 117 cm³/mol. The Hall–Kier alpha value is -3.63. The molecule has 1 fully saturated rings. The lowest BCUT2D eigenvalue weighted by Gasteiger charge is -2.37. The van der Waals surface area contributed by atoms with Crippen LogP contribution < -0.4 is 0 Å². The Labute approximate surface area is 212 Å². The average Bonchev–Trinajstić information content (AvgIpc) is 3.48. The number of rotatable bonds is 3. The second-order valence-corrected chi connectivity index (χ2v) is 8.45. The van der Waals surface area contributed by atoms with Gasteiger partial charge in [-0.05, 0) is 38.1 Å². The molecule has 2 aliphatic heterocycles. The van der Waals surface area contributed by atoms with Gasteiger partial charge < -0.3 is 20.0 Å².